The lowest BCUT2D eigenvalue weighted by Gasteiger charge is -2.43. The Morgan fingerprint density at radius 2 is 1.64 bits per heavy atom. The van der Waals surface area contributed by atoms with Crippen molar-refractivity contribution in [3.05, 3.63) is 60.2 Å². The van der Waals surface area contributed by atoms with E-state index in [-0.39, 0.29) is 11.4 Å². The van der Waals surface area contributed by atoms with Gasteiger partial charge in [-0.15, -0.1) is 0 Å². The molecule has 0 bridgehead atoms. The summed E-state index contributed by atoms with van der Waals surface area (Å²) >= 11 is 0. The summed E-state index contributed by atoms with van der Waals surface area (Å²) in [6.07, 6.45) is 4.25. The molecule has 4 nitrogen and oxygen atoms in total. The highest BCUT2D eigenvalue weighted by molar-refractivity contribution is 5.87. The molecule has 2 aliphatic rings. The molecule has 0 atom stereocenters. The van der Waals surface area contributed by atoms with Gasteiger partial charge in [-0.05, 0) is 42.7 Å². The largest absolute Gasteiger partial charge is 0.457 e. The summed E-state index contributed by atoms with van der Waals surface area (Å²) in [6.45, 7) is 2.49. The van der Waals surface area contributed by atoms with Gasteiger partial charge < -0.3 is 10.1 Å². The maximum Gasteiger partial charge on any atom is 0.240 e. The second-order valence-corrected chi connectivity index (χ2v) is 6.98. The van der Waals surface area contributed by atoms with Gasteiger partial charge in [0, 0.05) is 19.6 Å². The number of benzene rings is 2. The number of rotatable bonds is 4. The third-order valence-corrected chi connectivity index (χ3v) is 5.40. The zero-order chi connectivity index (χ0) is 17.1. The van der Waals surface area contributed by atoms with E-state index in [9.17, 15) is 4.79 Å². The van der Waals surface area contributed by atoms with Crippen molar-refractivity contribution < 1.29 is 9.53 Å². The molecule has 1 aliphatic heterocycles. The van der Waals surface area contributed by atoms with Crippen LogP contribution in [0.15, 0.2) is 54.6 Å². The molecule has 1 saturated heterocycles. The van der Waals surface area contributed by atoms with Crippen LogP contribution < -0.4 is 10.1 Å². The lowest BCUT2D eigenvalue weighted by atomic mass is 9.91. The van der Waals surface area contributed by atoms with Crippen LogP contribution in [0, 0.1) is 0 Å². The first-order valence-corrected chi connectivity index (χ1v) is 9.11. The summed E-state index contributed by atoms with van der Waals surface area (Å²) in [4.78, 5) is 14.9. The number of carbonyl (C=O) groups excluding carboxylic acids is 1. The number of hydrogen-bond donors (Lipinski definition) is 1. The molecule has 1 spiro atoms. The third-order valence-electron chi connectivity index (χ3n) is 5.40. The number of nitrogens with one attached hydrogen (secondary N) is 1. The number of ether oxygens (including phenoxy) is 1. The minimum Gasteiger partial charge on any atom is -0.457 e. The van der Waals surface area contributed by atoms with Crippen LogP contribution in [0.2, 0.25) is 0 Å². The zero-order valence-corrected chi connectivity index (χ0v) is 14.4. The van der Waals surface area contributed by atoms with Crippen molar-refractivity contribution >= 4 is 5.91 Å². The quantitative estimate of drug-likeness (QED) is 0.925. The van der Waals surface area contributed by atoms with Gasteiger partial charge in [0.25, 0.3) is 0 Å². The van der Waals surface area contributed by atoms with Crippen LogP contribution in [0.5, 0.6) is 11.5 Å². The van der Waals surface area contributed by atoms with Crippen LogP contribution in [0.1, 0.15) is 31.2 Å². The second kappa shape index (κ2) is 6.89. The minimum absolute atomic E-state index is 0.222. The summed E-state index contributed by atoms with van der Waals surface area (Å²) in [5.74, 6) is 1.90. The van der Waals surface area contributed by atoms with Crippen LogP contribution in [0.4, 0.5) is 0 Å². The molecule has 0 radical (unpaired) electrons. The summed E-state index contributed by atoms with van der Waals surface area (Å²) in [6, 6.07) is 18.0. The molecule has 4 heteroatoms. The SMILES string of the molecule is O=C1NCCN(Cc2ccc(Oc3ccccc3)cc2)C12CCCC2. The van der Waals surface area contributed by atoms with Gasteiger partial charge in [0.1, 0.15) is 17.0 Å². The number of piperazine rings is 1. The zero-order valence-electron chi connectivity index (χ0n) is 14.4. The molecule has 1 N–H and O–H groups in total. The van der Waals surface area contributed by atoms with E-state index in [0.29, 0.717) is 0 Å². The van der Waals surface area contributed by atoms with Gasteiger partial charge in [0.05, 0.1) is 0 Å². The van der Waals surface area contributed by atoms with Gasteiger partial charge in [0.15, 0.2) is 0 Å². The third kappa shape index (κ3) is 3.27. The van der Waals surface area contributed by atoms with Gasteiger partial charge in [0.2, 0.25) is 5.91 Å². The molecule has 1 heterocycles. The van der Waals surface area contributed by atoms with E-state index in [1.807, 2.05) is 42.5 Å². The monoisotopic (exact) mass is 336 g/mol. The Kier molecular flexibility index (Phi) is 4.45. The van der Waals surface area contributed by atoms with Gasteiger partial charge in [-0.25, -0.2) is 0 Å². The standard InChI is InChI=1S/C21H24N2O2/c24-20-21(12-4-5-13-21)23(15-14-22-20)16-17-8-10-19(11-9-17)25-18-6-2-1-3-7-18/h1-3,6-11H,4-5,12-16H2,(H,22,24). The molecule has 25 heavy (non-hydrogen) atoms. The fourth-order valence-corrected chi connectivity index (χ4v) is 4.07. The lowest BCUT2D eigenvalue weighted by molar-refractivity contribution is -0.137. The topological polar surface area (TPSA) is 41.6 Å². The lowest BCUT2D eigenvalue weighted by Crippen LogP contribution is -2.63. The molecule has 2 fully saturated rings. The van der Waals surface area contributed by atoms with Crippen molar-refractivity contribution in [1.29, 1.82) is 0 Å². The molecular weight excluding hydrogens is 312 g/mol. The summed E-state index contributed by atoms with van der Waals surface area (Å²) in [5, 5.41) is 3.07. The fourth-order valence-electron chi connectivity index (χ4n) is 4.07. The Hall–Kier alpha value is -2.33. The van der Waals surface area contributed by atoms with E-state index < -0.39 is 0 Å². The molecule has 2 aromatic carbocycles. The molecule has 1 saturated carbocycles. The van der Waals surface area contributed by atoms with Crippen LogP contribution in [0.3, 0.4) is 0 Å². The van der Waals surface area contributed by atoms with E-state index in [1.165, 1.54) is 5.56 Å². The van der Waals surface area contributed by atoms with Gasteiger partial charge >= 0.3 is 0 Å². The molecule has 2 aromatic rings. The first-order valence-electron chi connectivity index (χ1n) is 9.11. The Morgan fingerprint density at radius 3 is 2.36 bits per heavy atom. The Morgan fingerprint density at radius 1 is 0.960 bits per heavy atom. The van der Waals surface area contributed by atoms with Crippen molar-refractivity contribution in [2.75, 3.05) is 13.1 Å². The predicted octanol–water partition coefficient (Wildman–Crippen LogP) is 3.72. The second-order valence-electron chi connectivity index (χ2n) is 6.98. The number of amides is 1. The number of hydrogen-bond acceptors (Lipinski definition) is 3. The highest BCUT2D eigenvalue weighted by Gasteiger charge is 2.47. The van der Waals surface area contributed by atoms with Crippen molar-refractivity contribution in [2.45, 2.75) is 37.8 Å². The number of para-hydroxylation sites is 1. The maximum atomic E-state index is 12.5. The van der Waals surface area contributed by atoms with Crippen LogP contribution in [0.25, 0.3) is 0 Å². The van der Waals surface area contributed by atoms with Crippen molar-refractivity contribution in [3.63, 3.8) is 0 Å². The predicted molar refractivity (Wildman–Crippen MR) is 97.6 cm³/mol. The van der Waals surface area contributed by atoms with Crippen LogP contribution in [-0.2, 0) is 11.3 Å². The van der Waals surface area contributed by atoms with E-state index in [4.69, 9.17) is 4.74 Å². The van der Waals surface area contributed by atoms with Crippen LogP contribution >= 0.6 is 0 Å². The first-order chi connectivity index (χ1) is 12.3. The highest BCUT2D eigenvalue weighted by atomic mass is 16.5. The molecule has 4 rings (SSSR count). The Bertz CT molecular complexity index is 721. The molecular formula is C21H24N2O2. The minimum atomic E-state index is -0.280. The number of carbonyl (C=O) groups is 1. The Balaban J connectivity index is 1.46. The molecule has 0 aromatic heterocycles. The van der Waals surface area contributed by atoms with E-state index in [2.05, 4.69) is 22.3 Å². The fraction of sp³-hybridized carbons (Fsp3) is 0.381. The summed E-state index contributed by atoms with van der Waals surface area (Å²) in [7, 11) is 0. The Labute approximate surface area is 148 Å². The molecule has 130 valence electrons. The van der Waals surface area contributed by atoms with E-state index in [0.717, 1.165) is 56.8 Å². The summed E-state index contributed by atoms with van der Waals surface area (Å²) < 4.78 is 5.86. The maximum absolute atomic E-state index is 12.5. The molecule has 1 aliphatic carbocycles. The van der Waals surface area contributed by atoms with Crippen LogP contribution in [-0.4, -0.2) is 29.4 Å². The normalized spacial score (nSPS) is 19.8. The van der Waals surface area contributed by atoms with Gasteiger partial charge in [-0.1, -0.05) is 43.2 Å². The summed E-state index contributed by atoms with van der Waals surface area (Å²) in [5.41, 5.74) is 0.943. The average Bonchev–Trinajstić information content (AvgIpc) is 3.13. The van der Waals surface area contributed by atoms with Crippen molar-refractivity contribution in [3.8, 4) is 11.5 Å². The van der Waals surface area contributed by atoms with Crippen molar-refractivity contribution in [2.24, 2.45) is 0 Å². The molecule has 0 unspecified atom stereocenters. The first kappa shape index (κ1) is 16.2. The van der Waals surface area contributed by atoms with E-state index in [1.54, 1.807) is 0 Å². The highest BCUT2D eigenvalue weighted by Crippen LogP contribution is 2.37. The molecule has 1 amide bonds. The number of nitrogens with zero attached hydrogens (tertiary/aromatic N) is 1. The smallest absolute Gasteiger partial charge is 0.240 e. The van der Waals surface area contributed by atoms with Gasteiger partial charge in [-0.3, -0.25) is 9.69 Å². The van der Waals surface area contributed by atoms with E-state index >= 15 is 0 Å². The average molecular weight is 336 g/mol. The van der Waals surface area contributed by atoms with Gasteiger partial charge in [-0.2, -0.15) is 0 Å². The van der Waals surface area contributed by atoms with Crippen molar-refractivity contribution in [1.82, 2.24) is 10.2 Å².